The first-order valence-corrected chi connectivity index (χ1v) is 7.86. The average molecular weight is 365 g/mol. The van der Waals surface area contributed by atoms with Gasteiger partial charge in [0.1, 0.15) is 23.7 Å². The lowest BCUT2D eigenvalue weighted by molar-refractivity contribution is 0.261. The van der Waals surface area contributed by atoms with Crippen molar-refractivity contribution in [3.8, 4) is 5.75 Å². The number of nitrogens with one attached hydrogen (secondary N) is 1. The Kier molecular flexibility index (Phi) is 5.35. The number of rotatable bonds is 4. The van der Waals surface area contributed by atoms with Crippen LogP contribution in [-0.4, -0.2) is 42.3 Å². The number of fused-ring (bicyclic) bond motifs is 1. The summed E-state index contributed by atoms with van der Waals surface area (Å²) in [6.07, 6.45) is 3.39. The zero-order valence-electron chi connectivity index (χ0n) is 13.4. The van der Waals surface area contributed by atoms with E-state index in [4.69, 9.17) is 9.15 Å². The van der Waals surface area contributed by atoms with Crippen LogP contribution >= 0.6 is 12.4 Å². The predicted molar refractivity (Wildman–Crippen MR) is 95.0 cm³/mol. The molecule has 1 aromatic carbocycles. The number of anilines is 1. The van der Waals surface area contributed by atoms with Crippen LogP contribution in [0, 0.1) is 5.82 Å². The van der Waals surface area contributed by atoms with Gasteiger partial charge >= 0.3 is 0 Å². The molecule has 8 heteroatoms. The molecule has 1 saturated heterocycles. The Balaban J connectivity index is 0.00000182. The van der Waals surface area contributed by atoms with E-state index in [-0.39, 0.29) is 24.3 Å². The van der Waals surface area contributed by atoms with Crippen LogP contribution in [-0.2, 0) is 0 Å². The van der Waals surface area contributed by atoms with E-state index in [1.54, 1.807) is 18.5 Å². The molecule has 3 heterocycles. The van der Waals surface area contributed by atoms with E-state index in [9.17, 15) is 4.39 Å². The largest absolute Gasteiger partial charge is 0.490 e. The number of benzene rings is 1. The van der Waals surface area contributed by atoms with Crippen molar-refractivity contribution in [1.29, 1.82) is 0 Å². The first-order chi connectivity index (χ1) is 11.8. The molecule has 0 saturated carbocycles. The topological polar surface area (TPSA) is 63.4 Å². The molecule has 0 amide bonds. The monoisotopic (exact) mass is 364 g/mol. The van der Waals surface area contributed by atoms with Crippen molar-refractivity contribution in [3.63, 3.8) is 0 Å². The Labute approximate surface area is 150 Å². The van der Waals surface area contributed by atoms with Crippen LogP contribution in [0.25, 0.3) is 11.1 Å². The lowest BCUT2D eigenvalue weighted by atomic mass is 10.2. The van der Waals surface area contributed by atoms with Crippen molar-refractivity contribution in [1.82, 2.24) is 15.3 Å². The van der Waals surface area contributed by atoms with Gasteiger partial charge in [0.2, 0.25) is 0 Å². The highest BCUT2D eigenvalue weighted by atomic mass is 35.5. The molecule has 1 atom stereocenters. The van der Waals surface area contributed by atoms with E-state index >= 15 is 0 Å². The first kappa shape index (κ1) is 17.4. The molecular weight excluding hydrogens is 347 g/mol. The molecule has 6 nitrogen and oxygen atoms in total. The summed E-state index contributed by atoms with van der Waals surface area (Å²) >= 11 is 0. The van der Waals surface area contributed by atoms with E-state index in [1.165, 1.54) is 12.1 Å². The van der Waals surface area contributed by atoms with Gasteiger partial charge < -0.3 is 19.4 Å². The number of hydrogen-bond acceptors (Lipinski definition) is 6. The second-order valence-electron chi connectivity index (χ2n) is 5.66. The normalized spacial score (nSPS) is 17.3. The van der Waals surface area contributed by atoms with E-state index < -0.39 is 0 Å². The molecule has 0 bridgehead atoms. The van der Waals surface area contributed by atoms with Gasteiger partial charge in [-0.15, -0.1) is 12.4 Å². The van der Waals surface area contributed by atoms with Gasteiger partial charge in [-0.3, -0.25) is 4.98 Å². The zero-order chi connectivity index (χ0) is 16.4. The number of nitrogens with zero attached hydrogens (tertiary/aromatic N) is 3. The maximum atomic E-state index is 13.3. The van der Waals surface area contributed by atoms with Crippen molar-refractivity contribution in [2.75, 3.05) is 31.1 Å². The molecule has 25 heavy (non-hydrogen) atoms. The van der Waals surface area contributed by atoms with Crippen molar-refractivity contribution >= 4 is 29.5 Å². The molecule has 1 aliphatic rings. The fourth-order valence-electron chi connectivity index (χ4n) is 2.80. The molecule has 3 aromatic rings. The Morgan fingerprint density at radius 1 is 1.36 bits per heavy atom. The van der Waals surface area contributed by atoms with Crippen LogP contribution in [0.3, 0.4) is 0 Å². The number of pyridine rings is 1. The predicted octanol–water partition coefficient (Wildman–Crippen LogP) is 2.64. The van der Waals surface area contributed by atoms with Crippen LogP contribution in [0.4, 0.5) is 10.4 Å². The molecule has 1 aliphatic heterocycles. The summed E-state index contributed by atoms with van der Waals surface area (Å²) in [5.74, 6) is 0.404. The summed E-state index contributed by atoms with van der Waals surface area (Å²) in [5.41, 5.74) is 1.10. The van der Waals surface area contributed by atoms with E-state index in [0.29, 0.717) is 23.7 Å². The van der Waals surface area contributed by atoms with Gasteiger partial charge in [0.25, 0.3) is 6.01 Å². The quantitative estimate of drug-likeness (QED) is 0.768. The number of hydrogen-bond donors (Lipinski definition) is 1. The van der Waals surface area contributed by atoms with Crippen LogP contribution in [0.1, 0.15) is 0 Å². The van der Waals surface area contributed by atoms with Gasteiger partial charge in [-0.05, 0) is 24.3 Å². The van der Waals surface area contributed by atoms with E-state index in [0.717, 1.165) is 25.4 Å². The summed E-state index contributed by atoms with van der Waals surface area (Å²) in [4.78, 5) is 10.5. The third kappa shape index (κ3) is 3.83. The molecule has 0 spiro atoms. The molecule has 4 rings (SSSR count). The number of piperazine rings is 1. The van der Waals surface area contributed by atoms with Crippen molar-refractivity contribution in [2.24, 2.45) is 0 Å². The summed E-state index contributed by atoms with van der Waals surface area (Å²) in [7, 11) is 0. The number of ether oxygens (including phenoxy) is 1. The third-order valence-corrected chi connectivity index (χ3v) is 4.01. The first-order valence-electron chi connectivity index (χ1n) is 7.86. The summed E-state index contributed by atoms with van der Waals surface area (Å²) < 4.78 is 25.0. The lowest BCUT2D eigenvalue weighted by Gasteiger charge is -2.34. The van der Waals surface area contributed by atoms with Crippen LogP contribution in [0.2, 0.25) is 0 Å². The van der Waals surface area contributed by atoms with Gasteiger partial charge in [0, 0.05) is 31.9 Å². The zero-order valence-corrected chi connectivity index (χ0v) is 14.2. The fourth-order valence-corrected chi connectivity index (χ4v) is 2.80. The maximum absolute atomic E-state index is 13.3. The Hall–Kier alpha value is -2.38. The summed E-state index contributed by atoms with van der Waals surface area (Å²) in [6.45, 7) is 2.81. The molecule has 2 aromatic heterocycles. The van der Waals surface area contributed by atoms with Crippen molar-refractivity contribution in [2.45, 2.75) is 6.04 Å². The van der Waals surface area contributed by atoms with Gasteiger partial charge in [-0.25, -0.2) is 4.39 Å². The van der Waals surface area contributed by atoms with Crippen molar-refractivity contribution in [3.05, 3.63) is 48.5 Å². The van der Waals surface area contributed by atoms with E-state index in [1.807, 2.05) is 12.1 Å². The number of oxazole rings is 1. The van der Waals surface area contributed by atoms with Crippen LogP contribution in [0.5, 0.6) is 5.75 Å². The highest BCUT2D eigenvalue weighted by Gasteiger charge is 2.27. The van der Waals surface area contributed by atoms with Gasteiger partial charge in [0.15, 0.2) is 5.58 Å². The number of halogens is 2. The SMILES string of the molecule is Cl.Fc1ccc2oc(N3CCNCC3COc3cccnc3)nc2c1. The summed E-state index contributed by atoms with van der Waals surface area (Å²) in [5, 5.41) is 3.35. The Bertz CT molecular complexity index is 830. The molecule has 1 fully saturated rings. The fraction of sp³-hybridized carbons (Fsp3) is 0.294. The molecule has 0 radical (unpaired) electrons. The Morgan fingerprint density at radius 3 is 3.12 bits per heavy atom. The average Bonchev–Trinajstić information content (AvgIpc) is 3.04. The van der Waals surface area contributed by atoms with Gasteiger partial charge in [0.05, 0.1) is 12.2 Å². The maximum Gasteiger partial charge on any atom is 0.298 e. The highest BCUT2D eigenvalue weighted by molar-refractivity contribution is 5.85. The minimum absolute atomic E-state index is 0. The van der Waals surface area contributed by atoms with E-state index in [2.05, 4.69) is 20.2 Å². The Morgan fingerprint density at radius 2 is 2.28 bits per heavy atom. The second-order valence-corrected chi connectivity index (χ2v) is 5.66. The minimum Gasteiger partial charge on any atom is -0.490 e. The van der Waals surface area contributed by atoms with Crippen LogP contribution in [0.15, 0.2) is 47.1 Å². The lowest BCUT2D eigenvalue weighted by Crippen LogP contribution is -2.54. The molecule has 0 aliphatic carbocycles. The highest BCUT2D eigenvalue weighted by Crippen LogP contribution is 2.25. The number of aromatic nitrogens is 2. The summed E-state index contributed by atoms with van der Waals surface area (Å²) in [6, 6.07) is 8.62. The second kappa shape index (κ2) is 7.67. The van der Waals surface area contributed by atoms with Gasteiger partial charge in [-0.1, -0.05) is 0 Å². The molecule has 132 valence electrons. The van der Waals surface area contributed by atoms with Crippen molar-refractivity contribution < 1.29 is 13.5 Å². The van der Waals surface area contributed by atoms with Crippen LogP contribution < -0.4 is 15.0 Å². The standard InChI is InChI=1S/C17H17FN4O2.ClH/c18-12-3-4-16-15(8-12)21-17(24-16)22-7-6-20-9-13(22)11-23-14-2-1-5-19-10-14;/h1-5,8,10,13,20H,6-7,9,11H2;1H. The molecule has 1 N–H and O–H groups in total. The smallest absolute Gasteiger partial charge is 0.298 e. The van der Waals surface area contributed by atoms with Gasteiger partial charge in [-0.2, -0.15) is 4.98 Å². The minimum atomic E-state index is -0.320. The molecule has 1 unspecified atom stereocenters. The molecular formula is C17H18ClFN4O2. The third-order valence-electron chi connectivity index (χ3n) is 4.01.